The summed E-state index contributed by atoms with van der Waals surface area (Å²) in [7, 11) is 0. The molecule has 2 nitrogen and oxygen atoms in total. The Morgan fingerprint density at radius 3 is 2.76 bits per heavy atom. The molecule has 1 aromatic heterocycles. The molecular weight excluding hydrogens is 303 g/mol. The van der Waals surface area contributed by atoms with Crippen LogP contribution in [0.4, 0.5) is 0 Å². The highest BCUT2D eigenvalue weighted by Crippen LogP contribution is 2.39. The first-order chi connectivity index (χ1) is 10.1. The van der Waals surface area contributed by atoms with Crippen LogP contribution >= 0.6 is 23.2 Å². The van der Waals surface area contributed by atoms with Crippen LogP contribution in [0.1, 0.15) is 63.2 Å². The smallest absolute Gasteiger partial charge is 0.128 e. The summed E-state index contributed by atoms with van der Waals surface area (Å²) in [6.45, 7) is 4.35. The Morgan fingerprint density at radius 2 is 2.00 bits per heavy atom. The molecule has 2 aromatic rings. The van der Waals surface area contributed by atoms with Crippen molar-refractivity contribution in [3.05, 3.63) is 29.0 Å². The van der Waals surface area contributed by atoms with Crippen LogP contribution in [0.25, 0.3) is 11.0 Å². The van der Waals surface area contributed by atoms with Gasteiger partial charge in [0.2, 0.25) is 0 Å². The lowest BCUT2D eigenvalue weighted by atomic mass is 9.96. The number of halogens is 2. The van der Waals surface area contributed by atoms with Crippen molar-refractivity contribution < 1.29 is 0 Å². The summed E-state index contributed by atoms with van der Waals surface area (Å²) < 4.78 is 2.37. The fourth-order valence-electron chi connectivity index (χ4n) is 3.59. The van der Waals surface area contributed by atoms with E-state index in [1.807, 2.05) is 19.1 Å². The van der Waals surface area contributed by atoms with Crippen molar-refractivity contribution in [1.29, 1.82) is 0 Å². The van der Waals surface area contributed by atoms with E-state index in [4.69, 9.17) is 28.2 Å². The van der Waals surface area contributed by atoms with Crippen LogP contribution in [0, 0.1) is 5.92 Å². The van der Waals surface area contributed by atoms with Crippen LogP contribution in [0.15, 0.2) is 18.2 Å². The van der Waals surface area contributed by atoms with Crippen LogP contribution in [0.3, 0.4) is 0 Å². The van der Waals surface area contributed by atoms with Crippen LogP contribution in [-0.2, 0) is 0 Å². The molecule has 1 aromatic carbocycles. The monoisotopic (exact) mass is 324 g/mol. The third kappa shape index (κ3) is 2.80. The van der Waals surface area contributed by atoms with Crippen molar-refractivity contribution in [2.75, 3.05) is 0 Å². The van der Waals surface area contributed by atoms with Gasteiger partial charge in [-0.15, -0.1) is 11.6 Å². The van der Waals surface area contributed by atoms with Gasteiger partial charge < -0.3 is 4.57 Å². The molecule has 1 aliphatic carbocycles. The van der Waals surface area contributed by atoms with Gasteiger partial charge in [0.15, 0.2) is 0 Å². The predicted octanol–water partition coefficient (Wildman–Crippen LogP) is 6.13. The molecule has 3 rings (SSSR count). The van der Waals surface area contributed by atoms with Crippen molar-refractivity contribution in [2.24, 2.45) is 5.92 Å². The Kier molecular flexibility index (Phi) is 4.46. The normalized spacial score (nSPS) is 25.0. The van der Waals surface area contributed by atoms with E-state index in [2.05, 4.69) is 17.6 Å². The second-order valence-corrected chi connectivity index (χ2v) is 7.31. The third-order valence-corrected chi connectivity index (χ3v) is 5.20. The maximum absolute atomic E-state index is 6.41. The van der Waals surface area contributed by atoms with Crippen molar-refractivity contribution >= 4 is 34.2 Å². The Labute approximate surface area is 136 Å². The maximum Gasteiger partial charge on any atom is 0.128 e. The highest BCUT2D eigenvalue weighted by molar-refractivity contribution is 6.35. The van der Waals surface area contributed by atoms with Gasteiger partial charge in [0.1, 0.15) is 11.3 Å². The fourth-order valence-corrected chi connectivity index (χ4v) is 3.95. The number of hydrogen-bond acceptors (Lipinski definition) is 1. The fraction of sp³-hybridized carbons (Fsp3) is 0.588. The van der Waals surface area contributed by atoms with E-state index in [1.54, 1.807) is 0 Å². The Balaban J connectivity index is 2.19. The largest absolute Gasteiger partial charge is 0.323 e. The number of para-hydroxylation sites is 1. The Hall–Kier alpha value is -0.730. The summed E-state index contributed by atoms with van der Waals surface area (Å²) in [5.41, 5.74) is 2.02. The summed E-state index contributed by atoms with van der Waals surface area (Å²) >= 11 is 12.7. The first-order valence-corrected chi connectivity index (χ1v) is 8.71. The number of aromatic nitrogens is 2. The molecular formula is C17H22Cl2N2. The molecule has 1 fully saturated rings. The standard InChI is InChI=1S/C17H22Cl2N2/c1-11-7-4-3-5-9-14(11)21-15-10-6-8-13(19)16(15)20-17(21)12(2)18/h6,8,10-12,14H,3-5,7,9H2,1-2H3. The molecule has 0 radical (unpaired) electrons. The molecule has 1 heterocycles. The predicted molar refractivity (Wildman–Crippen MR) is 90.3 cm³/mol. The molecule has 3 atom stereocenters. The molecule has 4 heteroatoms. The maximum atomic E-state index is 6.41. The van der Waals surface area contributed by atoms with Crippen molar-refractivity contribution in [1.82, 2.24) is 9.55 Å². The van der Waals surface area contributed by atoms with Crippen LogP contribution < -0.4 is 0 Å². The first-order valence-electron chi connectivity index (χ1n) is 7.90. The van der Waals surface area contributed by atoms with Crippen molar-refractivity contribution in [3.63, 3.8) is 0 Å². The average molecular weight is 325 g/mol. The molecule has 0 bridgehead atoms. The summed E-state index contributed by atoms with van der Waals surface area (Å²) in [6.07, 6.45) is 6.43. The minimum atomic E-state index is -0.107. The van der Waals surface area contributed by atoms with E-state index in [-0.39, 0.29) is 5.38 Å². The number of imidazole rings is 1. The Bertz CT molecular complexity index is 633. The van der Waals surface area contributed by atoms with E-state index in [9.17, 15) is 0 Å². The van der Waals surface area contributed by atoms with Crippen LogP contribution in [0.2, 0.25) is 5.02 Å². The van der Waals surface area contributed by atoms with Gasteiger partial charge >= 0.3 is 0 Å². The summed E-state index contributed by atoms with van der Waals surface area (Å²) in [5.74, 6) is 1.61. The molecule has 0 N–H and O–H groups in total. The second-order valence-electron chi connectivity index (χ2n) is 6.25. The zero-order valence-electron chi connectivity index (χ0n) is 12.6. The highest BCUT2D eigenvalue weighted by atomic mass is 35.5. The minimum Gasteiger partial charge on any atom is -0.323 e. The number of rotatable bonds is 2. The quantitative estimate of drug-likeness (QED) is 0.479. The SMILES string of the molecule is CC(Cl)c1nc2c(Cl)cccc2n1C1CCCCCC1C. The minimum absolute atomic E-state index is 0.107. The lowest BCUT2D eigenvalue weighted by molar-refractivity contribution is 0.333. The highest BCUT2D eigenvalue weighted by Gasteiger charge is 2.27. The first kappa shape index (κ1) is 15.2. The molecule has 3 unspecified atom stereocenters. The third-order valence-electron chi connectivity index (χ3n) is 4.70. The molecule has 0 saturated heterocycles. The van der Waals surface area contributed by atoms with Crippen LogP contribution in [0.5, 0.6) is 0 Å². The topological polar surface area (TPSA) is 17.8 Å². The van der Waals surface area contributed by atoms with Gasteiger partial charge in [-0.25, -0.2) is 4.98 Å². The molecule has 1 aliphatic rings. The molecule has 0 spiro atoms. The molecule has 114 valence electrons. The van der Waals surface area contributed by atoms with Gasteiger partial charge in [0.25, 0.3) is 0 Å². The van der Waals surface area contributed by atoms with E-state index in [1.165, 1.54) is 32.1 Å². The van der Waals surface area contributed by atoms with Gasteiger partial charge in [-0.1, -0.05) is 43.9 Å². The van der Waals surface area contributed by atoms with E-state index in [0.29, 0.717) is 17.0 Å². The summed E-state index contributed by atoms with van der Waals surface area (Å²) in [6, 6.07) is 6.51. The van der Waals surface area contributed by atoms with E-state index >= 15 is 0 Å². The second kappa shape index (κ2) is 6.18. The lowest BCUT2D eigenvalue weighted by Crippen LogP contribution is -2.18. The van der Waals surface area contributed by atoms with Crippen LogP contribution in [-0.4, -0.2) is 9.55 Å². The number of hydrogen-bond donors (Lipinski definition) is 0. The molecule has 1 saturated carbocycles. The van der Waals surface area contributed by atoms with Gasteiger partial charge in [-0.3, -0.25) is 0 Å². The van der Waals surface area contributed by atoms with Gasteiger partial charge in [-0.2, -0.15) is 0 Å². The molecule has 21 heavy (non-hydrogen) atoms. The number of nitrogens with zero attached hydrogens (tertiary/aromatic N) is 2. The summed E-state index contributed by atoms with van der Waals surface area (Å²) in [4.78, 5) is 4.75. The van der Waals surface area contributed by atoms with E-state index < -0.39 is 0 Å². The average Bonchev–Trinajstić information content (AvgIpc) is 2.71. The zero-order valence-corrected chi connectivity index (χ0v) is 14.2. The van der Waals surface area contributed by atoms with Gasteiger partial charge in [-0.05, 0) is 37.8 Å². The number of alkyl halides is 1. The van der Waals surface area contributed by atoms with Gasteiger partial charge in [0.05, 0.1) is 15.9 Å². The Morgan fingerprint density at radius 1 is 1.24 bits per heavy atom. The van der Waals surface area contributed by atoms with Crippen molar-refractivity contribution in [3.8, 4) is 0 Å². The molecule has 0 aliphatic heterocycles. The van der Waals surface area contributed by atoms with E-state index in [0.717, 1.165) is 16.9 Å². The number of benzene rings is 1. The zero-order chi connectivity index (χ0) is 15.0. The summed E-state index contributed by atoms with van der Waals surface area (Å²) in [5, 5.41) is 0.606. The molecule has 0 amide bonds. The lowest BCUT2D eigenvalue weighted by Gasteiger charge is -2.26. The van der Waals surface area contributed by atoms with Gasteiger partial charge in [0, 0.05) is 6.04 Å². The van der Waals surface area contributed by atoms with Crippen molar-refractivity contribution in [2.45, 2.75) is 57.4 Å². The number of fused-ring (bicyclic) bond motifs is 1.